The third kappa shape index (κ3) is 7.95. The van der Waals surface area contributed by atoms with Gasteiger partial charge >= 0.3 is 0 Å². The van der Waals surface area contributed by atoms with E-state index < -0.39 is 10.0 Å². The molecular formula is C19H33IN4O2S. The van der Waals surface area contributed by atoms with Crippen molar-refractivity contribution in [2.75, 3.05) is 20.1 Å². The predicted octanol–water partition coefficient (Wildman–Crippen LogP) is 3.18. The quantitative estimate of drug-likeness (QED) is 0.351. The first-order chi connectivity index (χ1) is 12.3. The van der Waals surface area contributed by atoms with Crippen LogP contribution >= 0.6 is 24.0 Å². The number of primary sulfonamides is 1. The Kier molecular flexibility index (Phi) is 10.0. The van der Waals surface area contributed by atoms with Crippen LogP contribution in [0.5, 0.6) is 0 Å². The minimum Gasteiger partial charge on any atom is -0.357 e. The number of halogens is 1. The van der Waals surface area contributed by atoms with Crippen molar-refractivity contribution >= 4 is 40.0 Å². The highest BCUT2D eigenvalue weighted by Gasteiger charge is 2.20. The van der Waals surface area contributed by atoms with Crippen LogP contribution in [0, 0.1) is 11.8 Å². The minimum absolute atomic E-state index is 0. The summed E-state index contributed by atoms with van der Waals surface area (Å²) in [7, 11) is -1.56. The smallest absolute Gasteiger partial charge is 0.238 e. The zero-order valence-electron chi connectivity index (χ0n) is 16.5. The SMILES string of the molecule is CCNC(=NCc1ccc(S(N)(=O)=O)cc1)N(C)CC1CCC(C)CC1.I. The summed E-state index contributed by atoms with van der Waals surface area (Å²) in [4.78, 5) is 7.04. The summed E-state index contributed by atoms with van der Waals surface area (Å²) in [6.45, 7) is 6.73. The molecule has 0 amide bonds. The Morgan fingerprint density at radius 2 is 1.81 bits per heavy atom. The lowest BCUT2D eigenvalue weighted by molar-refractivity contribution is 0.250. The van der Waals surface area contributed by atoms with Crippen LogP contribution in [0.3, 0.4) is 0 Å². The van der Waals surface area contributed by atoms with Crippen molar-refractivity contribution in [1.82, 2.24) is 10.2 Å². The number of nitrogens with one attached hydrogen (secondary N) is 1. The van der Waals surface area contributed by atoms with Crippen LogP contribution in [-0.2, 0) is 16.6 Å². The summed E-state index contributed by atoms with van der Waals surface area (Å²) in [5, 5.41) is 8.48. The normalized spacial score (nSPS) is 20.7. The van der Waals surface area contributed by atoms with Crippen molar-refractivity contribution in [3.8, 4) is 0 Å². The molecule has 1 saturated carbocycles. The fraction of sp³-hybridized carbons (Fsp3) is 0.632. The van der Waals surface area contributed by atoms with E-state index in [2.05, 4.69) is 31.1 Å². The maximum absolute atomic E-state index is 11.3. The molecule has 1 fully saturated rings. The number of hydrogen-bond acceptors (Lipinski definition) is 3. The average molecular weight is 508 g/mol. The van der Waals surface area contributed by atoms with Gasteiger partial charge in [0.2, 0.25) is 10.0 Å². The van der Waals surface area contributed by atoms with Crippen LogP contribution in [-0.4, -0.2) is 39.4 Å². The Morgan fingerprint density at radius 3 is 2.33 bits per heavy atom. The lowest BCUT2D eigenvalue weighted by atomic mass is 9.83. The largest absolute Gasteiger partial charge is 0.357 e. The number of aliphatic imine (C=N–C) groups is 1. The van der Waals surface area contributed by atoms with Gasteiger partial charge in [-0.2, -0.15) is 0 Å². The lowest BCUT2D eigenvalue weighted by Gasteiger charge is -2.31. The zero-order chi connectivity index (χ0) is 19.2. The molecule has 0 heterocycles. The second-order valence-electron chi connectivity index (χ2n) is 7.37. The second-order valence-corrected chi connectivity index (χ2v) is 8.93. The molecule has 1 aromatic rings. The topological polar surface area (TPSA) is 87.8 Å². The number of rotatable bonds is 6. The van der Waals surface area contributed by atoms with Gasteiger partial charge < -0.3 is 10.2 Å². The van der Waals surface area contributed by atoms with E-state index in [1.165, 1.54) is 37.8 Å². The monoisotopic (exact) mass is 508 g/mol. The van der Waals surface area contributed by atoms with Gasteiger partial charge in [0.15, 0.2) is 5.96 Å². The van der Waals surface area contributed by atoms with E-state index in [-0.39, 0.29) is 28.9 Å². The van der Waals surface area contributed by atoms with Crippen LogP contribution in [0.4, 0.5) is 0 Å². The number of nitrogens with two attached hydrogens (primary N) is 1. The fourth-order valence-corrected chi connectivity index (χ4v) is 3.92. The van der Waals surface area contributed by atoms with Crippen molar-refractivity contribution in [2.45, 2.75) is 51.0 Å². The van der Waals surface area contributed by atoms with E-state index in [0.29, 0.717) is 6.54 Å². The summed E-state index contributed by atoms with van der Waals surface area (Å²) in [5.41, 5.74) is 0.952. The van der Waals surface area contributed by atoms with Gasteiger partial charge in [0, 0.05) is 20.1 Å². The van der Waals surface area contributed by atoms with Gasteiger partial charge in [-0.3, -0.25) is 0 Å². The molecule has 0 aromatic heterocycles. The Balaban J connectivity index is 0.00000364. The maximum Gasteiger partial charge on any atom is 0.238 e. The molecule has 1 aliphatic rings. The molecule has 27 heavy (non-hydrogen) atoms. The van der Waals surface area contributed by atoms with Crippen LogP contribution in [0.1, 0.15) is 45.1 Å². The Bertz CT molecular complexity index is 699. The van der Waals surface area contributed by atoms with Crippen molar-refractivity contribution in [3.63, 3.8) is 0 Å². The van der Waals surface area contributed by atoms with E-state index in [1.807, 2.05) is 0 Å². The van der Waals surface area contributed by atoms with Gasteiger partial charge in [0.05, 0.1) is 11.4 Å². The molecule has 154 valence electrons. The van der Waals surface area contributed by atoms with Gasteiger partial charge in [0.25, 0.3) is 0 Å². The summed E-state index contributed by atoms with van der Waals surface area (Å²) in [5.74, 6) is 2.48. The van der Waals surface area contributed by atoms with Gasteiger partial charge in [-0.1, -0.05) is 31.9 Å². The Morgan fingerprint density at radius 1 is 1.22 bits per heavy atom. The molecule has 1 aromatic carbocycles. The highest BCUT2D eigenvalue weighted by atomic mass is 127. The fourth-order valence-electron chi connectivity index (χ4n) is 3.41. The van der Waals surface area contributed by atoms with E-state index >= 15 is 0 Å². The van der Waals surface area contributed by atoms with E-state index in [1.54, 1.807) is 12.1 Å². The van der Waals surface area contributed by atoms with Crippen LogP contribution in [0.25, 0.3) is 0 Å². The van der Waals surface area contributed by atoms with Crippen molar-refractivity contribution in [2.24, 2.45) is 22.0 Å². The molecule has 0 unspecified atom stereocenters. The molecule has 3 N–H and O–H groups in total. The number of nitrogens with zero attached hydrogens (tertiary/aromatic N) is 2. The second kappa shape index (κ2) is 11.2. The van der Waals surface area contributed by atoms with Gasteiger partial charge in [-0.15, -0.1) is 24.0 Å². The number of hydrogen-bond donors (Lipinski definition) is 2. The van der Waals surface area contributed by atoms with E-state index in [0.717, 1.165) is 36.4 Å². The maximum atomic E-state index is 11.3. The van der Waals surface area contributed by atoms with Crippen LogP contribution in [0.15, 0.2) is 34.2 Å². The van der Waals surface area contributed by atoms with Crippen LogP contribution < -0.4 is 10.5 Å². The minimum atomic E-state index is -3.65. The predicted molar refractivity (Wildman–Crippen MR) is 122 cm³/mol. The summed E-state index contributed by atoms with van der Waals surface area (Å²) < 4.78 is 22.7. The average Bonchev–Trinajstić information content (AvgIpc) is 2.60. The molecule has 6 nitrogen and oxygen atoms in total. The standard InChI is InChI=1S/C19H32N4O2S.HI/c1-4-21-19(23(3)14-17-7-5-15(2)6-8-17)22-13-16-9-11-18(12-10-16)26(20,24)25;/h9-12,15,17H,4-8,13-14H2,1-3H3,(H,21,22)(H2,20,24,25);1H. The molecule has 0 aliphatic heterocycles. The first-order valence-electron chi connectivity index (χ1n) is 9.40. The Labute approximate surface area is 181 Å². The molecule has 1 aliphatic carbocycles. The highest BCUT2D eigenvalue weighted by molar-refractivity contribution is 14.0. The van der Waals surface area contributed by atoms with Gasteiger partial charge in [-0.05, 0) is 49.3 Å². The van der Waals surface area contributed by atoms with Gasteiger partial charge in [0.1, 0.15) is 0 Å². The summed E-state index contributed by atoms with van der Waals surface area (Å²) >= 11 is 0. The molecule has 0 atom stereocenters. The first-order valence-corrected chi connectivity index (χ1v) is 11.0. The van der Waals surface area contributed by atoms with Crippen LogP contribution in [0.2, 0.25) is 0 Å². The molecule has 2 rings (SSSR count). The number of benzene rings is 1. The Hall–Kier alpha value is -0.870. The molecule has 8 heteroatoms. The van der Waals surface area contributed by atoms with Crippen molar-refractivity contribution < 1.29 is 8.42 Å². The summed E-state index contributed by atoms with van der Waals surface area (Å²) in [6, 6.07) is 6.57. The third-order valence-electron chi connectivity index (χ3n) is 5.03. The summed E-state index contributed by atoms with van der Waals surface area (Å²) in [6.07, 6.45) is 5.23. The highest BCUT2D eigenvalue weighted by Crippen LogP contribution is 2.28. The van der Waals surface area contributed by atoms with E-state index in [4.69, 9.17) is 10.1 Å². The molecule has 0 bridgehead atoms. The van der Waals surface area contributed by atoms with Crippen molar-refractivity contribution in [1.29, 1.82) is 0 Å². The third-order valence-corrected chi connectivity index (χ3v) is 5.96. The molecule has 0 saturated heterocycles. The molecule has 0 radical (unpaired) electrons. The molecule has 0 spiro atoms. The van der Waals surface area contributed by atoms with E-state index in [9.17, 15) is 8.42 Å². The van der Waals surface area contributed by atoms with Gasteiger partial charge in [-0.25, -0.2) is 18.5 Å². The number of sulfonamides is 1. The molecular weight excluding hydrogens is 475 g/mol. The first kappa shape index (κ1) is 24.2. The zero-order valence-corrected chi connectivity index (χ0v) is 19.7. The van der Waals surface area contributed by atoms with Crippen molar-refractivity contribution in [3.05, 3.63) is 29.8 Å². The number of guanidine groups is 1. The lowest BCUT2D eigenvalue weighted by Crippen LogP contribution is -2.41.